The summed E-state index contributed by atoms with van der Waals surface area (Å²) in [5, 5.41) is 0. The van der Waals surface area contributed by atoms with E-state index in [1.165, 1.54) is 64.6 Å². The van der Waals surface area contributed by atoms with E-state index in [4.69, 9.17) is 0 Å². The fourth-order valence-corrected chi connectivity index (χ4v) is 4.56. The van der Waals surface area contributed by atoms with Gasteiger partial charge < -0.3 is 4.90 Å². The minimum Gasteiger partial charge on any atom is -0.306 e. The molecule has 118 valence electrons. The van der Waals surface area contributed by atoms with Crippen LogP contribution in [-0.2, 0) is 0 Å². The van der Waals surface area contributed by atoms with E-state index in [0.29, 0.717) is 0 Å². The highest BCUT2D eigenvalue weighted by Gasteiger charge is 2.40. The lowest BCUT2D eigenvalue weighted by molar-refractivity contribution is 0.0691. The van der Waals surface area contributed by atoms with E-state index in [-0.39, 0.29) is 0 Å². The van der Waals surface area contributed by atoms with Crippen LogP contribution >= 0.6 is 0 Å². The molecule has 0 aromatic carbocycles. The first kappa shape index (κ1) is 16.3. The number of likely N-dealkylation sites (tertiary alicyclic amines) is 1. The maximum absolute atomic E-state index is 2.92. The van der Waals surface area contributed by atoms with Gasteiger partial charge in [-0.2, -0.15) is 0 Å². The van der Waals surface area contributed by atoms with Gasteiger partial charge in [0.05, 0.1) is 0 Å². The Bertz CT molecular complexity index is 257. The summed E-state index contributed by atoms with van der Waals surface area (Å²) in [5.41, 5.74) is 0. The van der Waals surface area contributed by atoms with Crippen LogP contribution in [0.5, 0.6) is 0 Å². The summed E-state index contributed by atoms with van der Waals surface area (Å²) in [5.74, 6) is 2.03. The van der Waals surface area contributed by atoms with Crippen molar-refractivity contribution < 1.29 is 0 Å². The van der Waals surface area contributed by atoms with Crippen LogP contribution in [-0.4, -0.2) is 48.6 Å². The van der Waals surface area contributed by atoms with E-state index in [9.17, 15) is 0 Å². The zero-order valence-electron chi connectivity index (χ0n) is 14.3. The third-order valence-corrected chi connectivity index (χ3v) is 5.87. The molecule has 2 heteroatoms. The topological polar surface area (TPSA) is 6.48 Å². The van der Waals surface area contributed by atoms with Gasteiger partial charge in [-0.1, -0.05) is 27.2 Å². The molecule has 2 unspecified atom stereocenters. The average molecular weight is 281 g/mol. The second-order valence-electron chi connectivity index (χ2n) is 7.07. The number of rotatable bonds is 3. The van der Waals surface area contributed by atoms with Crippen LogP contribution in [0.1, 0.15) is 65.7 Å². The highest BCUT2D eigenvalue weighted by atomic mass is 15.2. The van der Waals surface area contributed by atoms with Gasteiger partial charge in [0.25, 0.3) is 0 Å². The Hall–Kier alpha value is -0.0800. The Labute approximate surface area is 126 Å². The van der Waals surface area contributed by atoms with E-state index < -0.39 is 0 Å². The van der Waals surface area contributed by atoms with Gasteiger partial charge in [-0.3, -0.25) is 4.90 Å². The van der Waals surface area contributed by atoms with Gasteiger partial charge in [-0.15, -0.1) is 0 Å². The van der Waals surface area contributed by atoms with Gasteiger partial charge >= 0.3 is 0 Å². The van der Waals surface area contributed by atoms with E-state index in [1.54, 1.807) is 0 Å². The minimum absolute atomic E-state index is 0.952. The molecule has 2 nitrogen and oxygen atoms in total. The molecule has 3 rings (SSSR count). The van der Waals surface area contributed by atoms with Gasteiger partial charge in [0, 0.05) is 18.6 Å². The van der Waals surface area contributed by atoms with Gasteiger partial charge in [0.1, 0.15) is 0 Å². The Morgan fingerprint density at radius 3 is 1.90 bits per heavy atom. The SMILES string of the molecule is CC.CCC1CC2CCC(C1)N2CC1CCN(C)CC1. The number of hydrogen-bond donors (Lipinski definition) is 0. The van der Waals surface area contributed by atoms with E-state index in [1.807, 2.05) is 13.8 Å². The number of nitrogens with zero attached hydrogens (tertiary/aromatic N) is 2. The molecule has 20 heavy (non-hydrogen) atoms. The van der Waals surface area contributed by atoms with Gasteiger partial charge in [-0.05, 0) is 70.5 Å². The highest BCUT2D eigenvalue weighted by Crippen LogP contribution is 2.40. The second kappa shape index (κ2) is 7.79. The summed E-state index contributed by atoms with van der Waals surface area (Å²) in [6.45, 7) is 10.5. The molecule has 0 amide bonds. The third kappa shape index (κ3) is 3.76. The Morgan fingerprint density at radius 1 is 0.850 bits per heavy atom. The Balaban J connectivity index is 0.000000704. The fourth-order valence-electron chi connectivity index (χ4n) is 4.56. The molecule has 3 aliphatic heterocycles. The summed E-state index contributed by atoms with van der Waals surface area (Å²) >= 11 is 0. The molecular formula is C18H36N2. The Morgan fingerprint density at radius 2 is 1.40 bits per heavy atom. The standard InChI is InChI=1S/C16H30N2.C2H6/c1-3-13-10-15-4-5-16(11-13)18(15)12-14-6-8-17(2)9-7-14;1-2/h13-16H,3-12H2,1-2H3;1-2H3. The predicted molar refractivity (Wildman–Crippen MR) is 88.1 cm³/mol. The molecule has 0 radical (unpaired) electrons. The van der Waals surface area contributed by atoms with Crippen molar-refractivity contribution in [1.82, 2.24) is 9.80 Å². The van der Waals surface area contributed by atoms with Crippen LogP contribution in [0.15, 0.2) is 0 Å². The lowest BCUT2D eigenvalue weighted by atomic mass is 9.87. The zero-order chi connectivity index (χ0) is 14.5. The van der Waals surface area contributed by atoms with E-state index >= 15 is 0 Å². The molecule has 0 spiro atoms. The molecule has 0 saturated carbocycles. The Kier molecular flexibility index (Phi) is 6.35. The smallest absolute Gasteiger partial charge is 0.0101 e. The van der Waals surface area contributed by atoms with Crippen molar-refractivity contribution >= 4 is 0 Å². The van der Waals surface area contributed by atoms with Crippen molar-refractivity contribution in [2.45, 2.75) is 77.8 Å². The zero-order valence-corrected chi connectivity index (χ0v) is 14.3. The molecular weight excluding hydrogens is 244 g/mol. The lowest BCUT2D eigenvalue weighted by Crippen LogP contribution is -2.46. The molecule has 0 aromatic rings. The summed E-state index contributed by atoms with van der Waals surface area (Å²) in [4.78, 5) is 5.41. The van der Waals surface area contributed by atoms with Crippen LogP contribution in [0.25, 0.3) is 0 Å². The maximum atomic E-state index is 2.92. The molecule has 0 aliphatic carbocycles. The molecule has 2 bridgehead atoms. The van der Waals surface area contributed by atoms with Crippen LogP contribution in [0, 0.1) is 11.8 Å². The summed E-state index contributed by atoms with van der Waals surface area (Å²) in [7, 11) is 2.27. The molecule has 0 aromatic heterocycles. The van der Waals surface area contributed by atoms with Crippen molar-refractivity contribution in [1.29, 1.82) is 0 Å². The average Bonchev–Trinajstić information content (AvgIpc) is 2.73. The first-order chi connectivity index (χ1) is 9.76. The van der Waals surface area contributed by atoms with Crippen molar-refractivity contribution in [2.24, 2.45) is 11.8 Å². The highest BCUT2D eigenvalue weighted by molar-refractivity contribution is 4.95. The lowest BCUT2D eigenvalue weighted by Gasteiger charge is -2.42. The number of fused-ring (bicyclic) bond motifs is 2. The first-order valence-electron chi connectivity index (χ1n) is 9.20. The van der Waals surface area contributed by atoms with Crippen LogP contribution in [0.2, 0.25) is 0 Å². The quantitative estimate of drug-likeness (QED) is 0.771. The van der Waals surface area contributed by atoms with Crippen molar-refractivity contribution in [3.63, 3.8) is 0 Å². The van der Waals surface area contributed by atoms with Crippen LogP contribution in [0.3, 0.4) is 0 Å². The molecule has 2 atom stereocenters. The first-order valence-corrected chi connectivity index (χ1v) is 9.20. The summed E-state index contributed by atoms with van der Waals surface area (Å²) in [6.07, 6.45) is 10.3. The van der Waals surface area contributed by atoms with Crippen molar-refractivity contribution in [3.05, 3.63) is 0 Å². The molecule has 0 N–H and O–H groups in total. The summed E-state index contributed by atoms with van der Waals surface area (Å²) in [6, 6.07) is 1.90. The van der Waals surface area contributed by atoms with Crippen molar-refractivity contribution in [3.8, 4) is 0 Å². The number of piperidine rings is 2. The van der Waals surface area contributed by atoms with Gasteiger partial charge in [-0.25, -0.2) is 0 Å². The second-order valence-corrected chi connectivity index (χ2v) is 7.07. The van der Waals surface area contributed by atoms with E-state index in [0.717, 1.165) is 23.9 Å². The maximum Gasteiger partial charge on any atom is 0.0101 e. The molecule has 3 fully saturated rings. The molecule has 3 heterocycles. The minimum atomic E-state index is 0.952. The molecule has 3 saturated heterocycles. The van der Waals surface area contributed by atoms with Gasteiger partial charge in [0.15, 0.2) is 0 Å². The monoisotopic (exact) mass is 280 g/mol. The van der Waals surface area contributed by atoms with Gasteiger partial charge in [0.2, 0.25) is 0 Å². The summed E-state index contributed by atoms with van der Waals surface area (Å²) < 4.78 is 0. The fraction of sp³-hybridized carbons (Fsp3) is 1.00. The predicted octanol–water partition coefficient (Wildman–Crippen LogP) is 4.01. The van der Waals surface area contributed by atoms with Crippen LogP contribution < -0.4 is 0 Å². The number of hydrogen-bond acceptors (Lipinski definition) is 2. The van der Waals surface area contributed by atoms with Crippen LogP contribution in [0.4, 0.5) is 0 Å². The third-order valence-electron chi connectivity index (χ3n) is 5.87. The largest absolute Gasteiger partial charge is 0.306 e. The van der Waals surface area contributed by atoms with E-state index in [2.05, 4.69) is 23.8 Å². The normalized spacial score (nSPS) is 35.7. The van der Waals surface area contributed by atoms with Crippen molar-refractivity contribution in [2.75, 3.05) is 26.7 Å². The molecule has 3 aliphatic rings.